The Bertz CT molecular complexity index is 389. The minimum absolute atomic E-state index is 0.281. The van der Waals surface area contributed by atoms with E-state index in [1.807, 2.05) is 24.3 Å². The monoisotopic (exact) mass is 266 g/mol. The molecule has 2 N–H and O–H groups in total. The molecule has 0 radical (unpaired) electrons. The van der Waals surface area contributed by atoms with Gasteiger partial charge in [0, 0.05) is 5.02 Å². The van der Waals surface area contributed by atoms with Crippen LogP contribution in [0.5, 0.6) is 0 Å². The Balaban J connectivity index is 0.000000385. The molecule has 0 heterocycles. The van der Waals surface area contributed by atoms with Gasteiger partial charge in [0.15, 0.2) is 0 Å². The quantitative estimate of drug-likeness (QED) is 0.800. The molecule has 0 aliphatic heterocycles. The SMILES string of the molecule is CC(O)Cc1ccc(Cl)cc1.CS(=O)(=O)O. The molecule has 4 nitrogen and oxygen atoms in total. The van der Waals surface area contributed by atoms with Crippen LogP contribution in [-0.4, -0.2) is 30.4 Å². The number of hydrogen-bond donors (Lipinski definition) is 2. The van der Waals surface area contributed by atoms with E-state index in [1.54, 1.807) is 6.92 Å². The van der Waals surface area contributed by atoms with E-state index >= 15 is 0 Å². The van der Waals surface area contributed by atoms with E-state index in [2.05, 4.69) is 0 Å². The lowest BCUT2D eigenvalue weighted by Crippen LogP contribution is -2.03. The van der Waals surface area contributed by atoms with E-state index < -0.39 is 10.1 Å². The van der Waals surface area contributed by atoms with Gasteiger partial charge in [-0.2, -0.15) is 8.42 Å². The topological polar surface area (TPSA) is 74.6 Å². The van der Waals surface area contributed by atoms with Gasteiger partial charge in [-0.3, -0.25) is 4.55 Å². The largest absolute Gasteiger partial charge is 0.393 e. The molecule has 16 heavy (non-hydrogen) atoms. The summed E-state index contributed by atoms with van der Waals surface area (Å²) in [6, 6.07) is 7.52. The molecule has 0 amide bonds. The predicted octanol–water partition coefficient (Wildman–Crippen LogP) is 1.77. The first-order valence-electron chi connectivity index (χ1n) is 4.53. The second-order valence-corrected chi connectivity index (χ2v) is 5.32. The van der Waals surface area contributed by atoms with E-state index in [9.17, 15) is 8.42 Å². The van der Waals surface area contributed by atoms with Crippen molar-refractivity contribution in [2.24, 2.45) is 0 Å². The Morgan fingerprint density at radius 2 is 1.69 bits per heavy atom. The second kappa shape index (κ2) is 6.85. The zero-order chi connectivity index (χ0) is 12.8. The van der Waals surface area contributed by atoms with Crippen LogP contribution in [0.3, 0.4) is 0 Å². The third-order valence-corrected chi connectivity index (χ3v) is 1.70. The predicted molar refractivity (Wildman–Crippen MR) is 64.3 cm³/mol. The maximum absolute atomic E-state index is 9.19. The molecule has 1 unspecified atom stereocenters. The molecule has 0 bridgehead atoms. The molecule has 0 aliphatic rings. The summed E-state index contributed by atoms with van der Waals surface area (Å²) < 4.78 is 25.9. The molecule has 0 aliphatic carbocycles. The van der Waals surface area contributed by atoms with Crippen molar-refractivity contribution in [3.8, 4) is 0 Å². The van der Waals surface area contributed by atoms with Gasteiger partial charge in [-0.1, -0.05) is 23.7 Å². The van der Waals surface area contributed by atoms with Gasteiger partial charge in [0.05, 0.1) is 12.4 Å². The minimum atomic E-state index is -3.67. The smallest absolute Gasteiger partial charge is 0.261 e. The molecule has 1 rings (SSSR count). The van der Waals surface area contributed by atoms with Crippen molar-refractivity contribution in [1.82, 2.24) is 0 Å². The van der Waals surface area contributed by atoms with Crippen molar-refractivity contribution in [3.63, 3.8) is 0 Å². The summed E-state index contributed by atoms with van der Waals surface area (Å²) >= 11 is 5.69. The van der Waals surface area contributed by atoms with Gasteiger partial charge in [0.2, 0.25) is 0 Å². The standard InChI is InChI=1S/C9H11ClO.CH4O3S/c1-7(11)6-8-2-4-9(10)5-3-8;1-5(2,3)4/h2-5,7,11H,6H2,1H3;1H3,(H,2,3,4). The van der Waals surface area contributed by atoms with Crippen LogP contribution < -0.4 is 0 Å². The van der Waals surface area contributed by atoms with Gasteiger partial charge in [-0.05, 0) is 31.0 Å². The van der Waals surface area contributed by atoms with Crippen LogP contribution in [0.25, 0.3) is 0 Å². The third kappa shape index (κ3) is 11.5. The molecule has 1 atom stereocenters. The first-order chi connectivity index (χ1) is 7.18. The summed E-state index contributed by atoms with van der Waals surface area (Å²) in [6.07, 6.45) is 1.13. The van der Waals surface area contributed by atoms with E-state index in [1.165, 1.54) is 0 Å². The highest BCUT2D eigenvalue weighted by Crippen LogP contribution is 2.10. The number of hydrogen-bond acceptors (Lipinski definition) is 3. The zero-order valence-electron chi connectivity index (χ0n) is 9.09. The van der Waals surface area contributed by atoms with E-state index in [-0.39, 0.29) is 6.10 Å². The molecule has 0 saturated heterocycles. The van der Waals surface area contributed by atoms with E-state index in [4.69, 9.17) is 21.3 Å². The average Bonchev–Trinajstić information content (AvgIpc) is 2.05. The van der Waals surface area contributed by atoms with Gasteiger partial charge >= 0.3 is 0 Å². The molecular weight excluding hydrogens is 252 g/mol. The highest BCUT2D eigenvalue weighted by Gasteiger charge is 1.97. The van der Waals surface area contributed by atoms with Gasteiger partial charge in [0.1, 0.15) is 0 Å². The number of halogens is 1. The number of aliphatic hydroxyl groups excluding tert-OH is 1. The molecule has 0 spiro atoms. The first-order valence-corrected chi connectivity index (χ1v) is 6.76. The summed E-state index contributed by atoms with van der Waals surface area (Å²) in [6.45, 7) is 1.77. The lowest BCUT2D eigenvalue weighted by molar-refractivity contribution is 0.195. The van der Waals surface area contributed by atoms with Crippen LogP contribution in [0, 0.1) is 0 Å². The van der Waals surface area contributed by atoms with Crippen LogP contribution in [0.15, 0.2) is 24.3 Å². The zero-order valence-corrected chi connectivity index (χ0v) is 10.7. The summed E-state index contributed by atoms with van der Waals surface area (Å²) in [7, 11) is -3.67. The summed E-state index contributed by atoms with van der Waals surface area (Å²) in [4.78, 5) is 0. The fourth-order valence-corrected chi connectivity index (χ4v) is 1.09. The Kier molecular flexibility index (Phi) is 6.59. The normalized spacial score (nSPS) is 12.6. The van der Waals surface area contributed by atoms with Crippen molar-refractivity contribution >= 4 is 21.7 Å². The van der Waals surface area contributed by atoms with E-state index in [0.29, 0.717) is 12.7 Å². The fraction of sp³-hybridized carbons (Fsp3) is 0.400. The van der Waals surface area contributed by atoms with Crippen LogP contribution in [-0.2, 0) is 16.5 Å². The highest BCUT2D eigenvalue weighted by atomic mass is 35.5. The molecule has 6 heteroatoms. The van der Waals surface area contributed by atoms with Crippen molar-refractivity contribution in [2.45, 2.75) is 19.4 Å². The molecule has 92 valence electrons. The van der Waals surface area contributed by atoms with Gasteiger partial charge in [0.25, 0.3) is 10.1 Å². The van der Waals surface area contributed by atoms with Crippen LogP contribution in [0.2, 0.25) is 5.02 Å². The average molecular weight is 267 g/mol. The van der Waals surface area contributed by atoms with Gasteiger partial charge in [-0.15, -0.1) is 0 Å². The van der Waals surface area contributed by atoms with Crippen LogP contribution >= 0.6 is 11.6 Å². The van der Waals surface area contributed by atoms with Crippen molar-refractivity contribution in [3.05, 3.63) is 34.9 Å². The Morgan fingerprint density at radius 3 is 2.00 bits per heavy atom. The molecule has 1 aromatic carbocycles. The minimum Gasteiger partial charge on any atom is -0.393 e. The Labute approximate surface area is 101 Å². The third-order valence-electron chi connectivity index (χ3n) is 1.44. The summed E-state index contributed by atoms with van der Waals surface area (Å²) in [5.74, 6) is 0. The van der Waals surface area contributed by atoms with Crippen molar-refractivity contribution in [1.29, 1.82) is 0 Å². The van der Waals surface area contributed by atoms with Gasteiger partial charge in [-0.25, -0.2) is 0 Å². The molecule has 1 aromatic rings. The molecular formula is C10H15ClO4S. The number of aliphatic hydroxyl groups is 1. The summed E-state index contributed by atoms with van der Waals surface area (Å²) in [5.41, 5.74) is 1.12. The lowest BCUT2D eigenvalue weighted by atomic mass is 10.1. The fourth-order valence-electron chi connectivity index (χ4n) is 0.962. The van der Waals surface area contributed by atoms with Gasteiger partial charge < -0.3 is 5.11 Å². The van der Waals surface area contributed by atoms with Crippen molar-refractivity contribution in [2.75, 3.05) is 6.26 Å². The maximum atomic E-state index is 9.19. The van der Waals surface area contributed by atoms with Crippen molar-refractivity contribution < 1.29 is 18.1 Å². The van der Waals surface area contributed by atoms with Crippen LogP contribution in [0.1, 0.15) is 12.5 Å². The maximum Gasteiger partial charge on any atom is 0.261 e. The number of rotatable bonds is 2. The number of benzene rings is 1. The second-order valence-electron chi connectivity index (χ2n) is 3.41. The molecule has 0 fully saturated rings. The molecule has 0 aromatic heterocycles. The summed E-state index contributed by atoms with van der Waals surface area (Å²) in [5, 5.41) is 9.78. The van der Waals surface area contributed by atoms with E-state index in [0.717, 1.165) is 10.6 Å². The molecule has 0 saturated carbocycles. The Hall–Kier alpha value is -0.620. The first kappa shape index (κ1) is 15.4. The lowest BCUT2D eigenvalue weighted by Gasteiger charge is -2.02. The highest BCUT2D eigenvalue weighted by molar-refractivity contribution is 7.85. The Morgan fingerprint density at radius 1 is 1.31 bits per heavy atom. The van der Waals surface area contributed by atoms with Crippen LogP contribution in [0.4, 0.5) is 0 Å².